The summed E-state index contributed by atoms with van der Waals surface area (Å²) < 4.78 is 0. The average Bonchev–Trinajstić information content (AvgIpc) is 2.13. The van der Waals surface area contributed by atoms with Crippen molar-refractivity contribution in [3.63, 3.8) is 0 Å². The summed E-state index contributed by atoms with van der Waals surface area (Å²) in [4.78, 5) is 13.3. The molecule has 1 amide bonds. The molecule has 1 unspecified atom stereocenters. The molecule has 0 aromatic rings. The highest BCUT2D eigenvalue weighted by molar-refractivity contribution is 5.77. The quantitative estimate of drug-likeness (QED) is 0.605. The van der Waals surface area contributed by atoms with Gasteiger partial charge < -0.3 is 11.1 Å². The first-order valence-corrected chi connectivity index (χ1v) is 4.86. The second-order valence-corrected chi connectivity index (χ2v) is 3.10. The number of likely N-dealkylation sites (N-methyl/N-ethyl adjacent to an activating group) is 2. The summed E-state index contributed by atoms with van der Waals surface area (Å²) in [7, 11) is 0. The minimum atomic E-state index is 0.0737. The molecule has 78 valence electrons. The number of carbonyl (C=O) groups is 1. The van der Waals surface area contributed by atoms with Gasteiger partial charge in [-0.15, -0.1) is 0 Å². The van der Waals surface area contributed by atoms with Crippen molar-refractivity contribution in [2.45, 2.75) is 26.8 Å². The number of amides is 1. The summed E-state index contributed by atoms with van der Waals surface area (Å²) in [5, 5.41) is 2.77. The Morgan fingerprint density at radius 3 is 2.54 bits per heavy atom. The number of nitrogens with zero attached hydrogens (tertiary/aromatic N) is 1. The van der Waals surface area contributed by atoms with Gasteiger partial charge in [0.05, 0.1) is 6.54 Å². The van der Waals surface area contributed by atoms with Crippen molar-refractivity contribution in [1.29, 1.82) is 0 Å². The zero-order chi connectivity index (χ0) is 10.3. The second-order valence-electron chi connectivity index (χ2n) is 3.10. The van der Waals surface area contributed by atoms with Crippen LogP contribution >= 0.6 is 0 Å². The van der Waals surface area contributed by atoms with E-state index in [1.54, 1.807) is 0 Å². The van der Waals surface area contributed by atoms with E-state index < -0.39 is 0 Å². The Balaban J connectivity index is 3.89. The Labute approximate surface area is 80.5 Å². The highest BCUT2D eigenvalue weighted by Gasteiger charge is 2.13. The lowest BCUT2D eigenvalue weighted by atomic mass is 10.3. The first-order valence-electron chi connectivity index (χ1n) is 4.86. The molecule has 0 aliphatic rings. The standard InChI is InChI=1S/C9H21N3O/c1-4-11-9(13)7-12(5-2)8(3)6-10/h8H,4-7,10H2,1-3H3,(H,11,13). The maximum Gasteiger partial charge on any atom is 0.234 e. The van der Waals surface area contributed by atoms with Crippen LogP contribution in [0, 0.1) is 0 Å². The van der Waals surface area contributed by atoms with Crippen molar-refractivity contribution in [3.8, 4) is 0 Å². The molecule has 1 atom stereocenters. The highest BCUT2D eigenvalue weighted by atomic mass is 16.2. The smallest absolute Gasteiger partial charge is 0.234 e. The number of nitrogens with two attached hydrogens (primary N) is 1. The first-order chi connectivity index (χ1) is 6.15. The number of rotatable bonds is 6. The normalized spacial score (nSPS) is 13.0. The Morgan fingerprint density at radius 1 is 1.54 bits per heavy atom. The Bertz CT molecular complexity index is 150. The molecule has 0 radical (unpaired) electrons. The monoisotopic (exact) mass is 187 g/mol. The molecule has 3 N–H and O–H groups in total. The summed E-state index contributed by atoms with van der Waals surface area (Å²) in [6, 6.07) is 0.271. The predicted molar refractivity (Wildman–Crippen MR) is 54.4 cm³/mol. The van der Waals surface area contributed by atoms with Gasteiger partial charge in [-0.2, -0.15) is 0 Å². The third-order valence-corrected chi connectivity index (χ3v) is 2.09. The van der Waals surface area contributed by atoms with Gasteiger partial charge in [-0.3, -0.25) is 9.69 Å². The fraction of sp³-hybridized carbons (Fsp3) is 0.889. The summed E-state index contributed by atoms with van der Waals surface area (Å²) >= 11 is 0. The maximum atomic E-state index is 11.2. The van der Waals surface area contributed by atoms with E-state index in [-0.39, 0.29) is 11.9 Å². The van der Waals surface area contributed by atoms with Crippen LogP contribution in [0.4, 0.5) is 0 Å². The predicted octanol–water partition coefficient (Wildman–Crippen LogP) is -0.208. The van der Waals surface area contributed by atoms with E-state index >= 15 is 0 Å². The van der Waals surface area contributed by atoms with Gasteiger partial charge in [-0.05, 0) is 20.4 Å². The van der Waals surface area contributed by atoms with E-state index in [2.05, 4.69) is 10.2 Å². The second kappa shape index (κ2) is 6.86. The van der Waals surface area contributed by atoms with E-state index in [4.69, 9.17) is 5.73 Å². The number of hydrogen-bond acceptors (Lipinski definition) is 3. The Kier molecular flexibility index (Phi) is 6.54. The molecule has 0 aromatic heterocycles. The molecule has 0 rings (SSSR count). The van der Waals surface area contributed by atoms with Crippen LogP contribution in [0.3, 0.4) is 0 Å². The molecule has 4 heteroatoms. The number of hydrogen-bond donors (Lipinski definition) is 2. The van der Waals surface area contributed by atoms with Crippen LogP contribution in [0.15, 0.2) is 0 Å². The van der Waals surface area contributed by atoms with Crippen LogP contribution in [0.5, 0.6) is 0 Å². The highest BCUT2D eigenvalue weighted by Crippen LogP contribution is 1.95. The Hall–Kier alpha value is -0.610. The first kappa shape index (κ1) is 12.4. The lowest BCUT2D eigenvalue weighted by molar-refractivity contribution is -0.122. The third kappa shape index (κ3) is 4.85. The molecule has 0 spiro atoms. The van der Waals surface area contributed by atoms with Gasteiger partial charge in [-0.1, -0.05) is 6.92 Å². The summed E-state index contributed by atoms with van der Waals surface area (Å²) in [5.74, 6) is 0.0737. The van der Waals surface area contributed by atoms with Gasteiger partial charge in [0, 0.05) is 19.1 Å². The molecule has 0 aliphatic heterocycles. The van der Waals surface area contributed by atoms with Crippen molar-refractivity contribution in [2.75, 3.05) is 26.2 Å². The average molecular weight is 187 g/mol. The van der Waals surface area contributed by atoms with Crippen molar-refractivity contribution < 1.29 is 4.79 Å². The molecule has 0 aliphatic carbocycles. The SMILES string of the molecule is CCNC(=O)CN(CC)C(C)CN. The van der Waals surface area contributed by atoms with Crippen LogP contribution in [0.2, 0.25) is 0 Å². The Morgan fingerprint density at radius 2 is 2.15 bits per heavy atom. The van der Waals surface area contributed by atoms with Crippen LogP contribution < -0.4 is 11.1 Å². The molecule has 0 heterocycles. The zero-order valence-corrected chi connectivity index (χ0v) is 8.84. The van der Waals surface area contributed by atoms with E-state index in [1.807, 2.05) is 20.8 Å². The summed E-state index contributed by atoms with van der Waals surface area (Å²) in [6.07, 6.45) is 0. The molecule has 4 nitrogen and oxygen atoms in total. The molecule has 0 saturated carbocycles. The molecular weight excluding hydrogens is 166 g/mol. The topological polar surface area (TPSA) is 58.4 Å². The molecule has 0 bridgehead atoms. The van der Waals surface area contributed by atoms with Crippen molar-refractivity contribution in [1.82, 2.24) is 10.2 Å². The fourth-order valence-electron chi connectivity index (χ4n) is 1.17. The summed E-state index contributed by atoms with van der Waals surface area (Å²) in [5.41, 5.74) is 5.52. The van der Waals surface area contributed by atoms with Crippen LogP contribution in [-0.4, -0.2) is 43.0 Å². The molecule has 0 saturated heterocycles. The summed E-state index contributed by atoms with van der Waals surface area (Å²) in [6.45, 7) is 8.56. The van der Waals surface area contributed by atoms with Gasteiger partial charge in [0.1, 0.15) is 0 Å². The van der Waals surface area contributed by atoms with E-state index in [0.29, 0.717) is 19.6 Å². The zero-order valence-electron chi connectivity index (χ0n) is 8.84. The third-order valence-electron chi connectivity index (χ3n) is 2.09. The maximum absolute atomic E-state index is 11.2. The van der Waals surface area contributed by atoms with Crippen LogP contribution in [0.1, 0.15) is 20.8 Å². The van der Waals surface area contributed by atoms with Gasteiger partial charge in [0.15, 0.2) is 0 Å². The largest absolute Gasteiger partial charge is 0.355 e. The fourth-order valence-corrected chi connectivity index (χ4v) is 1.17. The van der Waals surface area contributed by atoms with Crippen molar-refractivity contribution >= 4 is 5.91 Å². The molecule has 13 heavy (non-hydrogen) atoms. The lowest BCUT2D eigenvalue weighted by Crippen LogP contribution is -2.44. The minimum absolute atomic E-state index is 0.0737. The van der Waals surface area contributed by atoms with Crippen LogP contribution in [0.25, 0.3) is 0 Å². The van der Waals surface area contributed by atoms with E-state index in [0.717, 1.165) is 6.54 Å². The van der Waals surface area contributed by atoms with Gasteiger partial charge in [-0.25, -0.2) is 0 Å². The van der Waals surface area contributed by atoms with Gasteiger partial charge in [0.25, 0.3) is 0 Å². The molecular formula is C9H21N3O. The van der Waals surface area contributed by atoms with Crippen molar-refractivity contribution in [2.24, 2.45) is 5.73 Å². The van der Waals surface area contributed by atoms with Crippen molar-refractivity contribution in [3.05, 3.63) is 0 Å². The lowest BCUT2D eigenvalue weighted by Gasteiger charge is -2.25. The minimum Gasteiger partial charge on any atom is -0.355 e. The molecule has 0 aromatic carbocycles. The van der Waals surface area contributed by atoms with E-state index in [9.17, 15) is 4.79 Å². The molecule has 0 fully saturated rings. The van der Waals surface area contributed by atoms with E-state index in [1.165, 1.54) is 0 Å². The number of carbonyl (C=O) groups excluding carboxylic acids is 1. The van der Waals surface area contributed by atoms with Crippen LogP contribution in [-0.2, 0) is 4.79 Å². The number of nitrogens with one attached hydrogen (secondary N) is 1. The van der Waals surface area contributed by atoms with Gasteiger partial charge >= 0.3 is 0 Å². The van der Waals surface area contributed by atoms with Gasteiger partial charge in [0.2, 0.25) is 5.91 Å².